The molecule has 0 spiro atoms. The Labute approximate surface area is 143 Å². The van der Waals surface area contributed by atoms with Crippen molar-refractivity contribution >= 4 is 11.4 Å². The number of nitriles is 1. The summed E-state index contributed by atoms with van der Waals surface area (Å²) >= 11 is 0. The van der Waals surface area contributed by atoms with Crippen molar-refractivity contribution in [3.05, 3.63) is 54.1 Å². The zero-order valence-corrected chi connectivity index (χ0v) is 13.7. The second kappa shape index (κ2) is 6.63. The Balaban J connectivity index is 1.92. The van der Waals surface area contributed by atoms with Crippen molar-refractivity contribution in [2.24, 2.45) is 0 Å². The third-order valence-electron chi connectivity index (χ3n) is 4.49. The van der Waals surface area contributed by atoms with E-state index in [4.69, 9.17) is 5.26 Å². The summed E-state index contributed by atoms with van der Waals surface area (Å²) in [6, 6.07) is 5.45. The van der Waals surface area contributed by atoms with Crippen LogP contribution in [0.15, 0.2) is 43.0 Å². The van der Waals surface area contributed by atoms with Gasteiger partial charge in [0.15, 0.2) is 0 Å². The van der Waals surface area contributed by atoms with Crippen LogP contribution in [0.2, 0.25) is 0 Å². The number of allylic oxidation sites excluding steroid dienone is 1. The number of hydrogen-bond acceptors (Lipinski definition) is 3. The number of aromatic nitrogens is 2. The van der Waals surface area contributed by atoms with Crippen LogP contribution in [-0.4, -0.2) is 22.6 Å². The van der Waals surface area contributed by atoms with Gasteiger partial charge in [-0.15, -0.1) is 0 Å². The second-order valence-corrected chi connectivity index (χ2v) is 6.04. The van der Waals surface area contributed by atoms with E-state index in [0.717, 1.165) is 31.0 Å². The Kier molecular flexibility index (Phi) is 4.53. The molecule has 3 rings (SSSR count). The molecule has 0 N–H and O–H groups in total. The molecule has 0 saturated heterocycles. The fourth-order valence-electron chi connectivity index (χ4n) is 3.11. The molecule has 1 aliphatic rings. The lowest BCUT2D eigenvalue weighted by Crippen LogP contribution is -2.32. The number of halogens is 3. The molecule has 4 nitrogen and oxygen atoms in total. The summed E-state index contributed by atoms with van der Waals surface area (Å²) in [5.74, 6) is 0. The third-order valence-corrected chi connectivity index (χ3v) is 4.49. The lowest BCUT2D eigenvalue weighted by atomic mass is 9.97. The molecule has 0 saturated carbocycles. The smallest absolute Gasteiger partial charge is 0.368 e. The van der Waals surface area contributed by atoms with Gasteiger partial charge in [0.05, 0.1) is 23.5 Å². The summed E-state index contributed by atoms with van der Waals surface area (Å²) in [5.41, 5.74) is 0.279. The summed E-state index contributed by atoms with van der Waals surface area (Å²) in [5, 5.41) is 8.92. The van der Waals surface area contributed by atoms with Crippen LogP contribution in [0.4, 0.5) is 18.9 Å². The van der Waals surface area contributed by atoms with Crippen LogP contribution in [0, 0.1) is 11.3 Å². The van der Waals surface area contributed by atoms with Gasteiger partial charge < -0.3 is 9.47 Å². The summed E-state index contributed by atoms with van der Waals surface area (Å²) in [6.45, 7) is 0. The number of hydrogen-bond donors (Lipinski definition) is 0. The van der Waals surface area contributed by atoms with Crippen molar-refractivity contribution in [1.29, 1.82) is 5.26 Å². The molecule has 1 aromatic heterocycles. The molecular formula is C18H17F3N4. The lowest BCUT2D eigenvalue weighted by molar-refractivity contribution is -0.137. The second-order valence-electron chi connectivity index (χ2n) is 6.04. The van der Waals surface area contributed by atoms with Crippen LogP contribution in [0.5, 0.6) is 0 Å². The average Bonchev–Trinajstić information content (AvgIpc) is 3.14. The number of likely N-dealkylation sites (N-methyl/N-ethyl adjacent to an activating group) is 1. The zero-order valence-electron chi connectivity index (χ0n) is 13.7. The van der Waals surface area contributed by atoms with E-state index in [0.29, 0.717) is 5.69 Å². The molecule has 1 unspecified atom stereocenters. The minimum absolute atomic E-state index is 0.0137. The van der Waals surface area contributed by atoms with Gasteiger partial charge >= 0.3 is 6.18 Å². The maximum atomic E-state index is 13.2. The van der Waals surface area contributed by atoms with Crippen LogP contribution in [-0.2, 0) is 6.18 Å². The largest absolute Gasteiger partial charge is 0.417 e. The first-order valence-corrected chi connectivity index (χ1v) is 7.93. The normalized spacial score (nSPS) is 17.7. The van der Waals surface area contributed by atoms with Gasteiger partial charge in [-0.3, -0.25) is 0 Å². The van der Waals surface area contributed by atoms with Gasteiger partial charge in [0.2, 0.25) is 0 Å². The number of anilines is 1. The van der Waals surface area contributed by atoms with E-state index in [9.17, 15) is 13.2 Å². The summed E-state index contributed by atoms with van der Waals surface area (Å²) < 4.78 is 41.5. The summed E-state index contributed by atoms with van der Waals surface area (Å²) in [4.78, 5) is 5.86. The molecule has 0 amide bonds. The SMILES string of the molecule is CN(c1ccc(C#N)c(C(F)(F)F)c1)C1C=C(n2ccnc2)CCC1. The van der Waals surface area contributed by atoms with Gasteiger partial charge in [-0.1, -0.05) is 0 Å². The molecule has 2 aromatic rings. The van der Waals surface area contributed by atoms with Crippen molar-refractivity contribution in [2.45, 2.75) is 31.5 Å². The van der Waals surface area contributed by atoms with Crippen LogP contribution in [0.25, 0.3) is 5.70 Å². The summed E-state index contributed by atoms with van der Waals surface area (Å²) in [6.07, 6.45) is 5.50. The van der Waals surface area contributed by atoms with E-state index in [1.54, 1.807) is 31.7 Å². The molecule has 7 heteroatoms. The Hall–Kier alpha value is -2.75. The van der Waals surface area contributed by atoms with Crippen LogP contribution in [0.3, 0.4) is 0 Å². The molecule has 0 aliphatic heterocycles. The fourth-order valence-corrected chi connectivity index (χ4v) is 3.11. The molecule has 1 aromatic carbocycles. The molecule has 1 atom stereocenters. The predicted octanol–water partition coefficient (Wildman–Crippen LogP) is 4.30. The van der Waals surface area contributed by atoms with Crippen molar-refractivity contribution < 1.29 is 13.2 Å². The minimum atomic E-state index is -4.55. The van der Waals surface area contributed by atoms with E-state index < -0.39 is 11.7 Å². The minimum Gasteiger partial charge on any atom is -0.368 e. The fraction of sp³-hybridized carbons (Fsp3) is 0.333. The predicted molar refractivity (Wildman–Crippen MR) is 88.7 cm³/mol. The Morgan fingerprint density at radius 1 is 1.36 bits per heavy atom. The number of imidazole rings is 1. The van der Waals surface area contributed by atoms with E-state index in [2.05, 4.69) is 11.1 Å². The maximum absolute atomic E-state index is 13.2. The van der Waals surface area contributed by atoms with E-state index in [-0.39, 0.29) is 11.6 Å². The molecule has 0 radical (unpaired) electrons. The van der Waals surface area contributed by atoms with Gasteiger partial charge in [-0.25, -0.2) is 4.98 Å². The van der Waals surface area contributed by atoms with Gasteiger partial charge in [-0.05, 0) is 43.5 Å². The first-order valence-electron chi connectivity index (χ1n) is 7.93. The maximum Gasteiger partial charge on any atom is 0.417 e. The van der Waals surface area contributed by atoms with E-state index >= 15 is 0 Å². The van der Waals surface area contributed by atoms with Crippen molar-refractivity contribution in [2.75, 3.05) is 11.9 Å². The van der Waals surface area contributed by atoms with Crippen molar-refractivity contribution in [1.82, 2.24) is 9.55 Å². The molecule has 1 aliphatic carbocycles. The number of alkyl halides is 3. The van der Waals surface area contributed by atoms with Crippen molar-refractivity contribution in [3.8, 4) is 6.07 Å². The highest BCUT2D eigenvalue weighted by Crippen LogP contribution is 2.35. The van der Waals surface area contributed by atoms with Gasteiger partial charge in [-0.2, -0.15) is 18.4 Å². The van der Waals surface area contributed by atoms with Gasteiger partial charge in [0.25, 0.3) is 0 Å². The Bertz CT molecular complexity index is 816. The number of rotatable bonds is 3. The van der Waals surface area contributed by atoms with Crippen LogP contribution in [0.1, 0.15) is 30.4 Å². The highest BCUT2D eigenvalue weighted by Gasteiger charge is 2.34. The monoisotopic (exact) mass is 346 g/mol. The van der Waals surface area contributed by atoms with Crippen molar-refractivity contribution in [3.63, 3.8) is 0 Å². The third kappa shape index (κ3) is 3.53. The Morgan fingerprint density at radius 2 is 2.16 bits per heavy atom. The molecule has 0 fully saturated rings. The van der Waals surface area contributed by atoms with Gasteiger partial charge in [0, 0.05) is 36.9 Å². The summed E-state index contributed by atoms with van der Waals surface area (Å²) in [7, 11) is 1.78. The molecule has 25 heavy (non-hydrogen) atoms. The van der Waals surface area contributed by atoms with Crippen LogP contribution < -0.4 is 4.90 Å². The number of benzene rings is 1. The first kappa shape index (κ1) is 17.1. The van der Waals surface area contributed by atoms with E-state index in [1.165, 1.54) is 6.07 Å². The molecule has 0 bridgehead atoms. The molecule has 130 valence electrons. The number of nitrogens with zero attached hydrogens (tertiary/aromatic N) is 4. The van der Waals surface area contributed by atoms with E-state index in [1.807, 2.05) is 15.7 Å². The average molecular weight is 346 g/mol. The quantitative estimate of drug-likeness (QED) is 0.832. The van der Waals surface area contributed by atoms with Gasteiger partial charge in [0.1, 0.15) is 0 Å². The molecular weight excluding hydrogens is 329 g/mol. The first-order chi connectivity index (χ1) is 11.9. The van der Waals surface area contributed by atoms with Crippen LogP contribution >= 0.6 is 0 Å². The zero-order chi connectivity index (χ0) is 18.0. The Morgan fingerprint density at radius 3 is 2.80 bits per heavy atom. The lowest BCUT2D eigenvalue weighted by Gasteiger charge is -2.32. The topological polar surface area (TPSA) is 44.9 Å². The molecule has 1 heterocycles. The standard InChI is InChI=1S/C18H17F3N4/c1-24(14-3-2-4-16(9-14)25-8-7-23-12-25)15-6-5-13(11-22)17(10-15)18(19,20)21/h5-10,12,14H,2-4H2,1H3. The highest BCUT2D eigenvalue weighted by atomic mass is 19.4. The highest BCUT2D eigenvalue weighted by molar-refractivity contribution is 5.57.